The molecule has 0 fully saturated rings. The van der Waals surface area contributed by atoms with E-state index in [-0.39, 0.29) is 0 Å². The van der Waals surface area contributed by atoms with E-state index in [1.807, 2.05) is 74.5 Å². The number of hydrogen-bond acceptors (Lipinski definition) is 2. The van der Waals surface area contributed by atoms with Crippen LogP contribution in [-0.2, 0) is 0 Å². The fraction of sp³-hybridized carbons (Fsp3) is 0.176. The molecule has 0 amide bonds. The van der Waals surface area contributed by atoms with Crippen molar-refractivity contribution in [2.24, 2.45) is 0 Å². The van der Waals surface area contributed by atoms with Crippen LogP contribution < -0.4 is 9.47 Å². The lowest BCUT2D eigenvalue weighted by atomic mass is 10.0. The lowest BCUT2D eigenvalue weighted by Gasteiger charge is -2.34. The van der Waals surface area contributed by atoms with E-state index in [4.69, 9.17) is 9.47 Å². The standard InChI is InChI=1S/C17H16O2/c1-17(2)16(12-13-8-4-3-5-9-13)18-14-10-6-7-11-15(14)19-17/h3-12H,1-2H3/b16-12+. The van der Waals surface area contributed by atoms with Gasteiger partial charge in [-0.15, -0.1) is 0 Å². The molecule has 0 saturated heterocycles. The van der Waals surface area contributed by atoms with Gasteiger partial charge in [0, 0.05) is 0 Å². The predicted molar refractivity (Wildman–Crippen MR) is 76.2 cm³/mol. The highest BCUT2D eigenvalue weighted by atomic mass is 16.6. The maximum atomic E-state index is 6.01. The van der Waals surface area contributed by atoms with Crippen LogP contribution in [0.3, 0.4) is 0 Å². The molecule has 0 N–H and O–H groups in total. The van der Waals surface area contributed by atoms with E-state index in [1.54, 1.807) is 0 Å². The van der Waals surface area contributed by atoms with Crippen LogP contribution in [0.15, 0.2) is 60.4 Å². The van der Waals surface area contributed by atoms with Gasteiger partial charge in [0.25, 0.3) is 0 Å². The van der Waals surface area contributed by atoms with Crippen LogP contribution in [0.1, 0.15) is 19.4 Å². The molecular weight excluding hydrogens is 236 g/mol. The van der Waals surface area contributed by atoms with Crippen molar-refractivity contribution < 1.29 is 9.47 Å². The molecule has 0 radical (unpaired) electrons. The van der Waals surface area contributed by atoms with Crippen LogP contribution in [0.5, 0.6) is 11.5 Å². The number of para-hydroxylation sites is 2. The van der Waals surface area contributed by atoms with Crippen molar-refractivity contribution in [3.8, 4) is 11.5 Å². The van der Waals surface area contributed by atoms with Crippen molar-refractivity contribution in [1.82, 2.24) is 0 Å². The Morgan fingerprint density at radius 3 is 2.21 bits per heavy atom. The molecule has 0 aromatic heterocycles. The lowest BCUT2D eigenvalue weighted by Crippen LogP contribution is -2.36. The maximum Gasteiger partial charge on any atom is 0.169 e. The molecule has 0 bridgehead atoms. The molecule has 2 heteroatoms. The highest BCUT2D eigenvalue weighted by Gasteiger charge is 2.33. The monoisotopic (exact) mass is 252 g/mol. The van der Waals surface area contributed by atoms with Crippen LogP contribution in [0.2, 0.25) is 0 Å². The molecule has 2 nitrogen and oxygen atoms in total. The van der Waals surface area contributed by atoms with E-state index in [0.717, 1.165) is 22.8 Å². The molecule has 19 heavy (non-hydrogen) atoms. The number of hydrogen-bond donors (Lipinski definition) is 0. The third-order valence-corrected chi connectivity index (χ3v) is 3.12. The van der Waals surface area contributed by atoms with Gasteiger partial charge in [0.15, 0.2) is 17.1 Å². The van der Waals surface area contributed by atoms with Crippen molar-refractivity contribution in [3.05, 3.63) is 65.9 Å². The topological polar surface area (TPSA) is 18.5 Å². The molecule has 0 aliphatic carbocycles. The Labute approximate surface area is 113 Å². The Morgan fingerprint density at radius 2 is 1.47 bits per heavy atom. The number of rotatable bonds is 1. The van der Waals surface area contributed by atoms with Crippen LogP contribution in [0.4, 0.5) is 0 Å². The van der Waals surface area contributed by atoms with Gasteiger partial charge in [0.05, 0.1) is 0 Å². The van der Waals surface area contributed by atoms with Crippen molar-refractivity contribution in [2.45, 2.75) is 19.4 Å². The minimum Gasteiger partial charge on any atom is -0.476 e. The third kappa shape index (κ3) is 2.34. The quantitative estimate of drug-likeness (QED) is 0.754. The Kier molecular flexibility index (Phi) is 2.79. The molecule has 0 saturated carbocycles. The Bertz CT molecular complexity index is 612. The molecule has 2 aromatic carbocycles. The third-order valence-electron chi connectivity index (χ3n) is 3.12. The lowest BCUT2D eigenvalue weighted by molar-refractivity contribution is 0.0758. The first-order chi connectivity index (χ1) is 9.15. The van der Waals surface area contributed by atoms with Gasteiger partial charge in [-0.05, 0) is 37.6 Å². The second-order valence-corrected chi connectivity index (χ2v) is 5.08. The molecule has 0 unspecified atom stereocenters. The normalized spacial score (nSPS) is 18.3. The Balaban J connectivity index is 2.01. The summed E-state index contributed by atoms with van der Waals surface area (Å²) >= 11 is 0. The molecule has 3 rings (SSSR count). The Hall–Kier alpha value is -2.22. The highest BCUT2D eigenvalue weighted by Crippen LogP contribution is 2.40. The summed E-state index contributed by atoms with van der Waals surface area (Å²) in [6.45, 7) is 4.02. The van der Waals surface area contributed by atoms with E-state index < -0.39 is 5.60 Å². The van der Waals surface area contributed by atoms with Gasteiger partial charge >= 0.3 is 0 Å². The zero-order valence-electron chi connectivity index (χ0n) is 11.1. The first kappa shape index (κ1) is 11.8. The Morgan fingerprint density at radius 1 is 0.842 bits per heavy atom. The molecular formula is C17H16O2. The van der Waals surface area contributed by atoms with Gasteiger partial charge in [-0.1, -0.05) is 42.5 Å². The molecule has 0 atom stereocenters. The average Bonchev–Trinajstić information content (AvgIpc) is 2.40. The van der Waals surface area contributed by atoms with E-state index >= 15 is 0 Å². The minimum absolute atomic E-state index is 0.468. The maximum absolute atomic E-state index is 6.01. The van der Waals surface area contributed by atoms with Gasteiger partial charge in [-0.3, -0.25) is 0 Å². The summed E-state index contributed by atoms with van der Waals surface area (Å²) in [7, 11) is 0. The predicted octanol–water partition coefficient (Wildman–Crippen LogP) is 4.28. The van der Waals surface area contributed by atoms with E-state index in [2.05, 4.69) is 0 Å². The number of ether oxygens (including phenoxy) is 2. The second kappa shape index (κ2) is 4.47. The SMILES string of the molecule is CC1(C)Oc2ccccc2O/C1=C/c1ccccc1. The fourth-order valence-electron chi connectivity index (χ4n) is 2.09. The fourth-order valence-corrected chi connectivity index (χ4v) is 2.09. The first-order valence-corrected chi connectivity index (χ1v) is 6.38. The minimum atomic E-state index is -0.468. The molecule has 1 aliphatic heterocycles. The smallest absolute Gasteiger partial charge is 0.169 e. The molecule has 0 spiro atoms. The largest absolute Gasteiger partial charge is 0.476 e. The van der Waals surface area contributed by atoms with Crippen molar-refractivity contribution in [3.63, 3.8) is 0 Å². The van der Waals surface area contributed by atoms with Gasteiger partial charge < -0.3 is 9.47 Å². The highest BCUT2D eigenvalue weighted by molar-refractivity contribution is 5.56. The number of benzene rings is 2. The summed E-state index contributed by atoms with van der Waals surface area (Å²) in [6, 6.07) is 17.9. The van der Waals surface area contributed by atoms with E-state index in [1.165, 1.54) is 0 Å². The average molecular weight is 252 g/mol. The van der Waals surface area contributed by atoms with Crippen molar-refractivity contribution in [1.29, 1.82) is 0 Å². The van der Waals surface area contributed by atoms with Crippen molar-refractivity contribution >= 4 is 6.08 Å². The zero-order valence-corrected chi connectivity index (χ0v) is 11.1. The molecule has 1 heterocycles. The summed E-state index contributed by atoms with van der Waals surface area (Å²) in [5.74, 6) is 2.37. The molecule has 1 aliphatic rings. The van der Waals surface area contributed by atoms with Gasteiger partial charge in [-0.25, -0.2) is 0 Å². The summed E-state index contributed by atoms with van der Waals surface area (Å²) < 4.78 is 12.0. The van der Waals surface area contributed by atoms with Crippen LogP contribution >= 0.6 is 0 Å². The van der Waals surface area contributed by atoms with Gasteiger partial charge in [-0.2, -0.15) is 0 Å². The van der Waals surface area contributed by atoms with Crippen LogP contribution in [0.25, 0.3) is 6.08 Å². The number of fused-ring (bicyclic) bond motifs is 1. The van der Waals surface area contributed by atoms with Crippen LogP contribution in [-0.4, -0.2) is 5.60 Å². The molecule has 96 valence electrons. The summed E-state index contributed by atoms with van der Waals surface area (Å²) in [4.78, 5) is 0. The first-order valence-electron chi connectivity index (χ1n) is 6.38. The molecule has 2 aromatic rings. The van der Waals surface area contributed by atoms with Gasteiger partial charge in [0.1, 0.15) is 5.76 Å². The van der Waals surface area contributed by atoms with Crippen molar-refractivity contribution in [2.75, 3.05) is 0 Å². The van der Waals surface area contributed by atoms with E-state index in [9.17, 15) is 0 Å². The van der Waals surface area contributed by atoms with E-state index in [0.29, 0.717) is 0 Å². The zero-order chi connectivity index (χ0) is 13.3. The van der Waals surface area contributed by atoms with Crippen LogP contribution in [0, 0.1) is 0 Å². The summed E-state index contributed by atoms with van der Waals surface area (Å²) in [6.07, 6.45) is 2.02. The van der Waals surface area contributed by atoms with Gasteiger partial charge in [0.2, 0.25) is 0 Å². The second-order valence-electron chi connectivity index (χ2n) is 5.08. The summed E-state index contributed by atoms with van der Waals surface area (Å²) in [5, 5.41) is 0. The summed E-state index contributed by atoms with van der Waals surface area (Å²) in [5.41, 5.74) is 0.637.